The third-order valence-corrected chi connectivity index (χ3v) is 2.75. The number of hydrogen-bond donors (Lipinski definition) is 1. The second-order valence-electron chi connectivity index (χ2n) is 4.88. The summed E-state index contributed by atoms with van der Waals surface area (Å²) < 4.78 is 14.3. The third-order valence-electron chi connectivity index (χ3n) is 2.75. The number of Topliss-reactive ketones (excluding diaryl/α,β-unsaturated/α-hetero) is 1. The Morgan fingerprint density at radius 2 is 1.57 bits per heavy atom. The number of carbonyl (C=O) groups excluding carboxylic acids is 4. The number of carbonyl (C=O) groups is 4. The third kappa shape index (κ3) is 10.3. The molecule has 1 unspecified atom stereocenters. The van der Waals surface area contributed by atoms with Gasteiger partial charge in [-0.2, -0.15) is 0 Å². The van der Waals surface area contributed by atoms with Crippen LogP contribution in [-0.4, -0.2) is 50.7 Å². The van der Waals surface area contributed by atoms with E-state index in [9.17, 15) is 19.2 Å². The number of amides is 1. The Hall–Kier alpha value is -2.12. The van der Waals surface area contributed by atoms with Gasteiger partial charge in [0.05, 0.1) is 39.2 Å². The fraction of sp³-hybridized carbons (Fsp3) is 0.733. The number of hydrogen-bond acceptors (Lipinski definition) is 7. The van der Waals surface area contributed by atoms with Crippen LogP contribution in [0.5, 0.6) is 0 Å². The van der Waals surface area contributed by atoms with E-state index in [1.165, 1.54) is 7.11 Å². The Balaban J connectivity index is 4.57. The summed E-state index contributed by atoms with van der Waals surface area (Å²) in [5.41, 5.74) is 0. The SMILES string of the molecule is CCCOC(=O)CC(CC(=O)CNC(=O)OC)C(=O)OCCC. The van der Waals surface area contributed by atoms with Gasteiger partial charge in [-0.1, -0.05) is 13.8 Å². The molecule has 0 saturated heterocycles. The Morgan fingerprint density at radius 3 is 2.13 bits per heavy atom. The first-order valence-corrected chi connectivity index (χ1v) is 7.60. The van der Waals surface area contributed by atoms with Gasteiger partial charge in [-0.15, -0.1) is 0 Å². The van der Waals surface area contributed by atoms with E-state index in [1.54, 1.807) is 0 Å². The van der Waals surface area contributed by atoms with E-state index in [4.69, 9.17) is 9.47 Å². The number of methoxy groups -OCH3 is 1. The van der Waals surface area contributed by atoms with Crippen molar-refractivity contribution in [3.8, 4) is 0 Å². The number of ether oxygens (including phenoxy) is 3. The molecule has 1 N–H and O–H groups in total. The van der Waals surface area contributed by atoms with Gasteiger partial charge in [-0.25, -0.2) is 4.79 Å². The lowest BCUT2D eigenvalue weighted by Gasteiger charge is -2.15. The van der Waals surface area contributed by atoms with Crippen LogP contribution in [0.3, 0.4) is 0 Å². The molecule has 0 heterocycles. The lowest BCUT2D eigenvalue weighted by atomic mass is 9.98. The minimum atomic E-state index is -0.919. The quantitative estimate of drug-likeness (QED) is 0.448. The van der Waals surface area contributed by atoms with Crippen LogP contribution in [0, 0.1) is 5.92 Å². The molecule has 0 rings (SSSR count). The van der Waals surface area contributed by atoms with E-state index in [0.717, 1.165) is 0 Å². The Bertz CT molecular complexity index is 409. The molecule has 0 fully saturated rings. The van der Waals surface area contributed by atoms with Gasteiger partial charge in [0.1, 0.15) is 0 Å². The summed E-state index contributed by atoms with van der Waals surface area (Å²) in [5.74, 6) is -2.50. The molecule has 23 heavy (non-hydrogen) atoms. The molecule has 0 aromatic heterocycles. The molecule has 0 aromatic carbocycles. The Kier molecular flexibility index (Phi) is 11.3. The number of esters is 2. The predicted molar refractivity (Wildman–Crippen MR) is 80.6 cm³/mol. The lowest BCUT2D eigenvalue weighted by molar-refractivity contribution is -0.156. The highest BCUT2D eigenvalue weighted by atomic mass is 16.5. The molecular formula is C15H25NO7. The summed E-state index contributed by atoms with van der Waals surface area (Å²) >= 11 is 0. The van der Waals surface area contributed by atoms with E-state index in [2.05, 4.69) is 10.1 Å². The van der Waals surface area contributed by atoms with Gasteiger partial charge in [-0.3, -0.25) is 14.4 Å². The average Bonchev–Trinajstić information content (AvgIpc) is 2.54. The maximum Gasteiger partial charge on any atom is 0.407 e. The van der Waals surface area contributed by atoms with Crippen molar-refractivity contribution < 1.29 is 33.4 Å². The first-order chi connectivity index (χ1) is 10.9. The monoisotopic (exact) mass is 331 g/mol. The van der Waals surface area contributed by atoms with Crippen molar-refractivity contribution in [2.75, 3.05) is 26.9 Å². The molecule has 0 bridgehead atoms. The molecule has 0 aliphatic heterocycles. The van der Waals surface area contributed by atoms with Crippen molar-refractivity contribution in [1.29, 1.82) is 0 Å². The van der Waals surface area contributed by atoms with Crippen LogP contribution in [0.2, 0.25) is 0 Å². The predicted octanol–water partition coefficient (Wildman–Crippen LogP) is 1.21. The van der Waals surface area contributed by atoms with Crippen molar-refractivity contribution in [1.82, 2.24) is 5.32 Å². The van der Waals surface area contributed by atoms with Crippen LogP contribution >= 0.6 is 0 Å². The van der Waals surface area contributed by atoms with Crippen LogP contribution < -0.4 is 5.32 Å². The number of alkyl carbamates (subject to hydrolysis) is 1. The second-order valence-corrected chi connectivity index (χ2v) is 4.88. The van der Waals surface area contributed by atoms with Crippen molar-refractivity contribution in [2.24, 2.45) is 5.92 Å². The number of ketones is 1. The van der Waals surface area contributed by atoms with Crippen molar-refractivity contribution in [2.45, 2.75) is 39.5 Å². The molecule has 0 saturated carbocycles. The van der Waals surface area contributed by atoms with E-state index >= 15 is 0 Å². The lowest BCUT2D eigenvalue weighted by Crippen LogP contribution is -2.32. The zero-order valence-corrected chi connectivity index (χ0v) is 13.9. The molecule has 132 valence electrons. The highest BCUT2D eigenvalue weighted by Crippen LogP contribution is 2.13. The largest absolute Gasteiger partial charge is 0.466 e. The first-order valence-electron chi connectivity index (χ1n) is 7.60. The maximum absolute atomic E-state index is 11.9. The number of nitrogens with one attached hydrogen (secondary N) is 1. The van der Waals surface area contributed by atoms with Crippen LogP contribution in [-0.2, 0) is 28.6 Å². The standard InChI is InChI=1S/C15H25NO7/c1-4-6-22-13(18)9-11(14(19)23-7-5-2)8-12(17)10-16-15(20)21-3/h11H,4-10H2,1-3H3,(H,16,20). The molecule has 0 radical (unpaired) electrons. The van der Waals surface area contributed by atoms with Gasteiger partial charge < -0.3 is 19.5 Å². The summed E-state index contributed by atoms with van der Waals surface area (Å²) in [4.78, 5) is 46.3. The second kappa shape index (κ2) is 12.4. The molecule has 0 aliphatic carbocycles. The Labute approximate surface area is 135 Å². The average molecular weight is 331 g/mol. The topological polar surface area (TPSA) is 108 Å². The van der Waals surface area contributed by atoms with Crippen molar-refractivity contribution >= 4 is 23.8 Å². The van der Waals surface area contributed by atoms with Crippen molar-refractivity contribution in [3.63, 3.8) is 0 Å². The highest BCUT2D eigenvalue weighted by Gasteiger charge is 2.27. The summed E-state index contributed by atoms with van der Waals surface area (Å²) in [6, 6.07) is 0. The minimum absolute atomic E-state index is 0.215. The molecule has 1 atom stereocenters. The van der Waals surface area contributed by atoms with Crippen LogP contribution in [0.15, 0.2) is 0 Å². The molecule has 0 spiro atoms. The summed E-state index contributed by atoms with van der Waals surface area (Å²) in [5, 5.41) is 2.23. The molecule has 0 aromatic rings. The number of rotatable bonds is 11. The summed E-state index contributed by atoms with van der Waals surface area (Å²) in [6.07, 6.45) is 0.112. The molecule has 0 aliphatic rings. The van der Waals surface area contributed by atoms with Gasteiger partial charge in [0.2, 0.25) is 0 Å². The molecule has 1 amide bonds. The van der Waals surface area contributed by atoms with E-state index < -0.39 is 29.7 Å². The maximum atomic E-state index is 11.9. The Morgan fingerprint density at radius 1 is 0.957 bits per heavy atom. The fourth-order valence-electron chi connectivity index (χ4n) is 1.63. The molecule has 8 nitrogen and oxygen atoms in total. The molecule has 8 heteroatoms. The zero-order chi connectivity index (χ0) is 17.7. The van der Waals surface area contributed by atoms with E-state index in [1.807, 2.05) is 13.8 Å². The fourth-order valence-corrected chi connectivity index (χ4v) is 1.63. The van der Waals surface area contributed by atoms with Gasteiger partial charge in [-0.05, 0) is 12.8 Å². The van der Waals surface area contributed by atoms with Gasteiger partial charge in [0.15, 0.2) is 5.78 Å². The van der Waals surface area contributed by atoms with E-state index in [-0.39, 0.29) is 32.6 Å². The summed E-state index contributed by atoms with van der Waals surface area (Å²) in [7, 11) is 1.18. The first kappa shape index (κ1) is 20.9. The normalized spacial score (nSPS) is 11.3. The highest BCUT2D eigenvalue weighted by molar-refractivity contribution is 5.89. The smallest absolute Gasteiger partial charge is 0.407 e. The van der Waals surface area contributed by atoms with Gasteiger partial charge >= 0.3 is 18.0 Å². The van der Waals surface area contributed by atoms with Gasteiger partial charge in [0, 0.05) is 6.42 Å². The van der Waals surface area contributed by atoms with Crippen LogP contribution in [0.25, 0.3) is 0 Å². The molecular weight excluding hydrogens is 306 g/mol. The zero-order valence-electron chi connectivity index (χ0n) is 13.9. The van der Waals surface area contributed by atoms with Crippen LogP contribution in [0.1, 0.15) is 39.5 Å². The van der Waals surface area contributed by atoms with Crippen molar-refractivity contribution in [3.05, 3.63) is 0 Å². The van der Waals surface area contributed by atoms with Crippen LogP contribution in [0.4, 0.5) is 4.79 Å². The minimum Gasteiger partial charge on any atom is -0.466 e. The van der Waals surface area contributed by atoms with E-state index in [0.29, 0.717) is 12.8 Å². The van der Waals surface area contributed by atoms with Gasteiger partial charge in [0.25, 0.3) is 0 Å². The summed E-state index contributed by atoms with van der Waals surface area (Å²) in [6.45, 7) is 3.88.